The highest BCUT2D eigenvalue weighted by Crippen LogP contribution is 2.29. The molecule has 1 aliphatic heterocycles. The molecule has 0 unspecified atom stereocenters. The van der Waals surface area contributed by atoms with Gasteiger partial charge in [0.2, 0.25) is 10.0 Å². The summed E-state index contributed by atoms with van der Waals surface area (Å²) in [5.41, 5.74) is 0.864. The van der Waals surface area contributed by atoms with Crippen LogP contribution in [0.3, 0.4) is 0 Å². The summed E-state index contributed by atoms with van der Waals surface area (Å²) in [7, 11) is -7.49. The SMILES string of the molecule is Cc1ccc(N2CCCCS2(=O)=O)cc1S(=O)(=O)Nc1ccc(F)c(Cl)c1. The number of sulfonamides is 2. The van der Waals surface area contributed by atoms with Gasteiger partial charge in [-0.1, -0.05) is 17.7 Å². The maximum Gasteiger partial charge on any atom is 0.262 e. The third-order valence-corrected chi connectivity index (χ3v) is 7.95. The molecule has 1 aliphatic rings. The van der Waals surface area contributed by atoms with E-state index in [1.54, 1.807) is 19.1 Å². The molecule has 0 saturated carbocycles. The molecular weight excluding hydrogens is 415 g/mol. The molecule has 1 saturated heterocycles. The van der Waals surface area contributed by atoms with Crippen LogP contribution in [0.15, 0.2) is 41.3 Å². The van der Waals surface area contributed by atoms with Gasteiger partial charge in [-0.2, -0.15) is 0 Å². The molecule has 0 amide bonds. The summed E-state index contributed by atoms with van der Waals surface area (Å²) in [6.45, 7) is 1.92. The Morgan fingerprint density at radius 1 is 1.15 bits per heavy atom. The molecule has 1 fully saturated rings. The lowest BCUT2D eigenvalue weighted by Crippen LogP contribution is -2.38. The zero-order valence-corrected chi connectivity index (χ0v) is 16.8. The summed E-state index contributed by atoms with van der Waals surface area (Å²) in [5.74, 6) is -0.622. The van der Waals surface area contributed by atoms with Gasteiger partial charge in [0.15, 0.2) is 0 Å². The molecule has 0 spiro atoms. The van der Waals surface area contributed by atoms with Gasteiger partial charge in [-0.3, -0.25) is 9.03 Å². The fourth-order valence-electron chi connectivity index (χ4n) is 2.88. The molecule has 0 atom stereocenters. The van der Waals surface area contributed by atoms with Gasteiger partial charge in [-0.05, 0) is 55.7 Å². The highest BCUT2D eigenvalue weighted by atomic mass is 35.5. The van der Waals surface area contributed by atoms with Gasteiger partial charge in [-0.15, -0.1) is 0 Å². The normalized spacial score (nSPS) is 16.9. The number of nitrogens with zero attached hydrogens (tertiary/aromatic N) is 1. The van der Waals surface area contributed by atoms with E-state index >= 15 is 0 Å². The van der Waals surface area contributed by atoms with Crippen LogP contribution >= 0.6 is 11.6 Å². The molecule has 6 nitrogen and oxygen atoms in total. The van der Waals surface area contributed by atoms with Crippen molar-refractivity contribution < 1.29 is 21.2 Å². The summed E-state index contributed by atoms with van der Waals surface area (Å²) < 4.78 is 67.1. The second-order valence-corrected chi connectivity index (χ2v) is 10.4. The monoisotopic (exact) mass is 432 g/mol. The summed E-state index contributed by atoms with van der Waals surface area (Å²) >= 11 is 5.69. The van der Waals surface area contributed by atoms with Crippen LogP contribution in [0.1, 0.15) is 18.4 Å². The molecule has 10 heteroatoms. The zero-order chi connectivity index (χ0) is 19.8. The van der Waals surface area contributed by atoms with E-state index in [1.807, 2.05) is 0 Å². The third-order valence-electron chi connectivity index (χ3n) is 4.27. The molecule has 0 aromatic heterocycles. The highest BCUT2D eigenvalue weighted by molar-refractivity contribution is 7.93. The Kier molecular flexibility index (Phi) is 5.38. The molecule has 1 heterocycles. The number of benzene rings is 2. The third kappa shape index (κ3) is 4.20. The maximum absolute atomic E-state index is 13.3. The van der Waals surface area contributed by atoms with E-state index in [9.17, 15) is 21.2 Å². The highest BCUT2D eigenvalue weighted by Gasteiger charge is 2.28. The minimum Gasteiger partial charge on any atom is -0.280 e. The molecule has 2 aromatic rings. The molecule has 0 aliphatic carbocycles. The first kappa shape index (κ1) is 19.9. The lowest BCUT2D eigenvalue weighted by atomic mass is 10.2. The number of anilines is 2. The number of nitrogens with one attached hydrogen (secondary N) is 1. The molecule has 146 valence electrons. The Morgan fingerprint density at radius 3 is 2.56 bits per heavy atom. The first-order valence-electron chi connectivity index (χ1n) is 8.19. The lowest BCUT2D eigenvalue weighted by molar-refractivity contribution is 0.574. The number of aryl methyl sites for hydroxylation is 1. The van der Waals surface area contributed by atoms with Crippen molar-refractivity contribution in [3.05, 3.63) is 52.8 Å². The molecule has 3 rings (SSSR count). The van der Waals surface area contributed by atoms with Crippen LogP contribution in [0.4, 0.5) is 15.8 Å². The van der Waals surface area contributed by atoms with Crippen molar-refractivity contribution in [3.8, 4) is 0 Å². The number of rotatable bonds is 4. The standard InChI is InChI=1S/C17H18ClFN2O4S2/c1-12-4-6-14(21-8-2-3-9-26(21,22)23)11-17(12)27(24,25)20-13-5-7-16(19)15(18)10-13/h4-7,10-11,20H,2-3,8-9H2,1H3. The molecule has 0 bridgehead atoms. The molecule has 1 N–H and O–H groups in total. The van der Waals surface area contributed by atoms with E-state index in [2.05, 4.69) is 4.72 Å². The Hall–Kier alpha value is -1.84. The average Bonchev–Trinajstić information content (AvgIpc) is 2.58. The minimum atomic E-state index is -4.02. The molecule has 0 radical (unpaired) electrons. The minimum absolute atomic E-state index is 0.0370. The topological polar surface area (TPSA) is 83.6 Å². The largest absolute Gasteiger partial charge is 0.280 e. The Balaban J connectivity index is 1.98. The fraction of sp³-hybridized carbons (Fsp3) is 0.294. The molecular formula is C17H18ClFN2O4S2. The van der Waals surface area contributed by atoms with Crippen molar-refractivity contribution in [2.24, 2.45) is 0 Å². The smallest absolute Gasteiger partial charge is 0.262 e. The van der Waals surface area contributed by atoms with E-state index in [-0.39, 0.29) is 21.4 Å². The van der Waals surface area contributed by atoms with Gasteiger partial charge in [0.05, 0.1) is 27.0 Å². The van der Waals surface area contributed by atoms with Gasteiger partial charge in [0.1, 0.15) is 5.82 Å². The van der Waals surface area contributed by atoms with Crippen LogP contribution in [-0.4, -0.2) is 29.1 Å². The summed E-state index contributed by atoms with van der Waals surface area (Å²) in [5, 5.41) is -0.208. The van der Waals surface area contributed by atoms with E-state index in [1.165, 1.54) is 22.5 Å². The lowest BCUT2D eigenvalue weighted by Gasteiger charge is -2.28. The summed E-state index contributed by atoms with van der Waals surface area (Å²) in [4.78, 5) is -0.0544. The zero-order valence-electron chi connectivity index (χ0n) is 14.4. The van der Waals surface area contributed by atoms with Crippen molar-refractivity contribution in [2.75, 3.05) is 21.3 Å². The second kappa shape index (κ2) is 7.29. The van der Waals surface area contributed by atoms with E-state index in [0.717, 1.165) is 6.07 Å². The predicted molar refractivity (Wildman–Crippen MR) is 104 cm³/mol. The van der Waals surface area contributed by atoms with Gasteiger partial charge in [0.25, 0.3) is 10.0 Å². The van der Waals surface area contributed by atoms with Gasteiger partial charge < -0.3 is 0 Å². The number of hydrogen-bond acceptors (Lipinski definition) is 4. The first-order chi connectivity index (χ1) is 12.6. The van der Waals surface area contributed by atoms with E-state index < -0.39 is 25.9 Å². The van der Waals surface area contributed by atoms with E-state index in [4.69, 9.17) is 11.6 Å². The fourth-order valence-corrected chi connectivity index (χ4v) is 6.01. The van der Waals surface area contributed by atoms with Crippen molar-refractivity contribution in [2.45, 2.75) is 24.7 Å². The van der Waals surface area contributed by atoms with Crippen LogP contribution in [0.25, 0.3) is 0 Å². The Bertz CT molecular complexity index is 1090. The molecule has 27 heavy (non-hydrogen) atoms. The van der Waals surface area contributed by atoms with Crippen LogP contribution < -0.4 is 9.03 Å². The van der Waals surface area contributed by atoms with Crippen LogP contribution in [0.5, 0.6) is 0 Å². The second-order valence-electron chi connectivity index (χ2n) is 6.28. The van der Waals surface area contributed by atoms with Crippen LogP contribution in [0, 0.1) is 12.7 Å². The Morgan fingerprint density at radius 2 is 1.89 bits per heavy atom. The molecule has 2 aromatic carbocycles. The van der Waals surface area contributed by atoms with Crippen molar-refractivity contribution in [3.63, 3.8) is 0 Å². The maximum atomic E-state index is 13.3. The van der Waals surface area contributed by atoms with Gasteiger partial charge in [-0.25, -0.2) is 21.2 Å². The first-order valence-corrected chi connectivity index (χ1v) is 11.7. The summed E-state index contributed by atoms with van der Waals surface area (Å²) in [6.07, 6.45) is 1.30. The average molecular weight is 433 g/mol. The van der Waals surface area contributed by atoms with E-state index in [0.29, 0.717) is 30.6 Å². The van der Waals surface area contributed by atoms with Crippen LogP contribution in [-0.2, 0) is 20.0 Å². The van der Waals surface area contributed by atoms with Crippen molar-refractivity contribution >= 4 is 43.0 Å². The van der Waals surface area contributed by atoms with Crippen molar-refractivity contribution in [1.29, 1.82) is 0 Å². The number of hydrogen-bond donors (Lipinski definition) is 1. The van der Waals surface area contributed by atoms with Crippen LogP contribution in [0.2, 0.25) is 5.02 Å². The van der Waals surface area contributed by atoms with Crippen molar-refractivity contribution in [1.82, 2.24) is 0 Å². The quantitative estimate of drug-likeness (QED) is 0.801. The summed E-state index contributed by atoms with van der Waals surface area (Å²) in [6, 6.07) is 7.98. The predicted octanol–water partition coefficient (Wildman–Crippen LogP) is 3.52. The van der Waals surface area contributed by atoms with Gasteiger partial charge in [0, 0.05) is 6.54 Å². The van der Waals surface area contributed by atoms with Gasteiger partial charge >= 0.3 is 0 Å². The number of halogens is 2. The Labute approximate surface area is 163 Å².